The van der Waals surface area contributed by atoms with Gasteiger partial charge in [-0.25, -0.2) is 0 Å². The van der Waals surface area contributed by atoms with E-state index >= 15 is 0 Å². The SMILES string of the molecule is Cc1ccc(-c2noc(NCc3cccnc3)n2)cc1. The lowest BCUT2D eigenvalue weighted by Crippen LogP contribution is -1.99. The molecule has 0 saturated heterocycles. The van der Waals surface area contributed by atoms with Crippen LogP contribution >= 0.6 is 0 Å². The Balaban J connectivity index is 1.69. The van der Waals surface area contributed by atoms with Gasteiger partial charge in [-0.2, -0.15) is 4.98 Å². The average Bonchev–Trinajstić information content (AvgIpc) is 2.96. The summed E-state index contributed by atoms with van der Waals surface area (Å²) in [6.45, 7) is 2.64. The Morgan fingerprint density at radius 2 is 2.00 bits per heavy atom. The van der Waals surface area contributed by atoms with E-state index in [9.17, 15) is 0 Å². The fraction of sp³-hybridized carbons (Fsp3) is 0.133. The highest BCUT2D eigenvalue weighted by molar-refractivity contribution is 5.55. The van der Waals surface area contributed by atoms with Crippen LogP contribution in [0, 0.1) is 6.92 Å². The number of anilines is 1. The number of aromatic nitrogens is 3. The third kappa shape index (κ3) is 2.83. The summed E-state index contributed by atoms with van der Waals surface area (Å²) in [6.07, 6.45) is 3.54. The highest BCUT2D eigenvalue weighted by Crippen LogP contribution is 2.18. The molecule has 0 radical (unpaired) electrons. The van der Waals surface area contributed by atoms with Gasteiger partial charge in [0.05, 0.1) is 0 Å². The molecule has 0 fully saturated rings. The smallest absolute Gasteiger partial charge is 0.322 e. The second-order valence-corrected chi connectivity index (χ2v) is 4.50. The van der Waals surface area contributed by atoms with Crippen molar-refractivity contribution < 1.29 is 4.52 Å². The van der Waals surface area contributed by atoms with Crippen LogP contribution in [0.15, 0.2) is 53.3 Å². The first-order chi connectivity index (χ1) is 9.81. The monoisotopic (exact) mass is 266 g/mol. The van der Waals surface area contributed by atoms with Gasteiger partial charge >= 0.3 is 6.01 Å². The lowest BCUT2D eigenvalue weighted by Gasteiger charge is -1.99. The van der Waals surface area contributed by atoms with Crippen LogP contribution in [0.3, 0.4) is 0 Å². The van der Waals surface area contributed by atoms with E-state index in [0.717, 1.165) is 11.1 Å². The molecular formula is C15H14N4O. The first-order valence-electron chi connectivity index (χ1n) is 6.35. The zero-order valence-electron chi connectivity index (χ0n) is 11.1. The van der Waals surface area contributed by atoms with E-state index in [1.165, 1.54) is 5.56 Å². The summed E-state index contributed by atoms with van der Waals surface area (Å²) in [5.74, 6) is 0.582. The van der Waals surface area contributed by atoms with Crippen LogP contribution in [-0.4, -0.2) is 15.1 Å². The van der Waals surface area contributed by atoms with Gasteiger partial charge in [0.15, 0.2) is 0 Å². The molecule has 3 aromatic rings. The van der Waals surface area contributed by atoms with Crippen LogP contribution in [0.1, 0.15) is 11.1 Å². The van der Waals surface area contributed by atoms with Crippen LogP contribution in [-0.2, 0) is 6.54 Å². The summed E-state index contributed by atoms with van der Waals surface area (Å²) in [5, 5.41) is 7.05. The lowest BCUT2D eigenvalue weighted by atomic mass is 10.1. The number of pyridine rings is 1. The van der Waals surface area contributed by atoms with Crippen LogP contribution in [0.4, 0.5) is 6.01 Å². The molecule has 0 atom stereocenters. The van der Waals surface area contributed by atoms with Crippen molar-refractivity contribution in [2.75, 3.05) is 5.32 Å². The maximum absolute atomic E-state index is 5.18. The Morgan fingerprint density at radius 1 is 1.15 bits per heavy atom. The van der Waals surface area contributed by atoms with Gasteiger partial charge in [0, 0.05) is 24.5 Å². The van der Waals surface area contributed by atoms with Gasteiger partial charge in [0.25, 0.3) is 0 Å². The van der Waals surface area contributed by atoms with E-state index < -0.39 is 0 Å². The molecule has 0 amide bonds. The second kappa shape index (κ2) is 5.52. The van der Waals surface area contributed by atoms with E-state index in [4.69, 9.17) is 4.52 Å². The largest absolute Gasteiger partial charge is 0.334 e. The molecule has 0 aliphatic heterocycles. The molecule has 3 rings (SSSR count). The Kier molecular flexibility index (Phi) is 3.41. The van der Waals surface area contributed by atoms with Crippen molar-refractivity contribution in [1.29, 1.82) is 0 Å². The molecule has 1 N–H and O–H groups in total. The third-order valence-electron chi connectivity index (χ3n) is 2.90. The van der Waals surface area contributed by atoms with Gasteiger partial charge < -0.3 is 9.84 Å². The van der Waals surface area contributed by atoms with Crippen molar-refractivity contribution in [3.63, 3.8) is 0 Å². The maximum Gasteiger partial charge on any atom is 0.322 e. The number of hydrogen-bond donors (Lipinski definition) is 1. The quantitative estimate of drug-likeness (QED) is 0.786. The molecule has 0 spiro atoms. The average molecular weight is 266 g/mol. The van der Waals surface area contributed by atoms with Crippen molar-refractivity contribution in [2.45, 2.75) is 13.5 Å². The Morgan fingerprint density at radius 3 is 2.75 bits per heavy atom. The predicted octanol–water partition coefficient (Wildman–Crippen LogP) is 3.05. The van der Waals surface area contributed by atoms with E-state index in [-0.39, 0.29) is 0 Å². The van der Waals surface area contributed by atoms with Crippen LogP contribution in [0.2, 0.25) is 0 Å². The molecular weight excluding hydrogens is 252 g/mol. The Bertz CT molecular complexity index is 677. The summed E-state index contributed by atoms with van der Waals surface area (Å²) in [7, 11) is 0. The summed E-state index contributed by atoms with van der Waals surface area (Å²) in [5.41, 5.74) is 3.20. The van der Waals surface area contributed by atoms with E-state index in [2.05, 4.69) is 20.4 Å². The predicted molar refractivity (Wildman–Crippen MR) is 76.0 cm³/mol. The first-order valence-corrected chi connectivity index (χ1v) is 6.35. The van der Waals surface area contributed by atoms with Crippen molar-refractivity contribution in [2.24, 2.45) is 0 Å². The van der Waals surface area contributed by atoms with Crippen LogP contribution in [0.25, 0.3) is 11.4 Å². The fourth-order valence-electron chi connectivity index (χ4n) is 1.80. The minimum atomic E-state index is 0.407. The highest BCUT2D eigenvalue weighted by atomic mass is 16.5. The molecule has 20 heavy (non-hydrogen) atoms. The van der Waals surface area contributed by atoms with Crippen LogP contribution < -0.4 is 5.32 Å². The minimum absolute atomic E-state index is 0.407. The minimum Gasteiger partial charge on any atom is -0.334 e. The zero-order valence-corrected chi connectivity index (χ0v) is 11.1. The highest BCUT2D eigenvalue weighted by Gasteiger charge is 2.07. The fourth-order valence-corrected chi connectivity index (χ4v) is 1.80. The van der Waals surface area contributed by atoms with Gasteiger partial charge in [-0.1, -0.05) is 41.1 Å². The van der Waals surface area contributed by atoms with E-state index in [0.29, 0.717) is 18.4 Å². The van der Waals surface area contributed by atoms with Gasteiger partial charge in [-0.05, 0) is 18.6 Å². The van der Waals surface area contributed by atoms with Gasteiger partial charge in [-0.3, -0.25) is 4.98 Å². The maximum atomic E-state index is 5.18. The Labute approximate surface area is 116 Å². The number of benzene rings is 1. The number of nitrogens with zero attached hydrogens (tertiary/aromatic N) is 3. The van der Waals surface area contributed by atoms with Crippen molar-refractivity contribution in [1.82, 2.24) is 15.1 Å². The van der Waals surface area contributed by atoms with Crippen molar-refractivity contribution >= 4 is 6.01 Å². The van der Waals surface area contributed by atoms with E-state index in [1.807, 2.05) is 43.3 Å². The third-order valence-corrected chi connectivity index (χ3v) is 2.90. The van der Waals surface area contributed by atoms with Crippen LogP contribution in [0.5, 0.6) is 0 Å². The molecule has 5 heteroatoms. The summed E-state index contributed by atoms with van der Waals surface area (Å²) < 4.78 is 5.18. The topological polar surface area (TPSA) is 63.8 Å². The molecule has 2 aromatic heterocycles. The molecule has 100 valence electrons. The van der Waals surface area contributed by atoms with Crippen molar-refractivity contribution in [3.8, 4) is 11.4 Å². The molecule has 0 saturated carbocycles. The molecule has 0 bridgehead atoms. The number of aryl methyl sites for hydroxylation is 1. The molecule has 0 unspecified atom stereocenters. The Hall–Kier alpha value is -2.69. The van der Waals surface area contributed by atoms with Crippen molar-refractivity contribution in [3.05, 3.63) is 59.9 Å². The molecule has 2 heterocycles. The zero-order chi connectivity index (χ0) is 13.8. The van der Waals surface area contributed by atoms with Gasteiger partial charge in [0.1, 0.15) is 0 Å². The molecule has 0 aliphatic carbocycles. The van der Waals surface area contributed by atoms with Gasteiger partial charge in [0.2, 0.25) is 5.82 Å². The van der Waals surface area contributed by atoms with E-state index in [1.54, 1.807) is 12.4 Å². The summed E-state index contributed by atoms with van der Waals surface area (Å²) in [6, 6.07) is 12.3. The molecule has 0 aliphatic rings. The number of hydrogen-bond acceptors (Lipinski definition) is 5. The summed E-state index contributed by atoms with van der Waals surface area (Å²) >= 11 is 0. The second-order valence-electron chi connectivity index (χ2n) is 4.50. The lowest BCUT2D eigenvalue weighted by molar-refractivity contribution is 0.432. The summed E-state index contributed by atoms with van der Waals surface area (Å²) in [4.78, 5) is 8.37. The normalized spacial score (nSPS) is 10.4. The van der Waals surface area contributed by atoms with Gasteiger partial charge in [-0.15, -0.1) is 0 Å². The number of rotatable bonds is 4. The first kappa shape index (κ1) is 12.3. The number of nitrogens with one attached hydrogen (secondary N) is 1. The molecule has 5 nitrogen and oxygen atoms in total. The molecule has 1 aromatic carbocycles. The standard InChI is InChI=1S/C15H14N4O/c1-11-4-6-13(7-5-11)14-18-15(20-19-14)17-10-12-3-2-8-16-9-12/h2-9H,10H2,1H3,(H,17,18,19).